The first kappa shape index (κ1) is 16.5. The number of methoxy groups -OCH3 is 1. The number of imidazole rings is 1. The number of hydrogen-bond donors (Lipinski definition) is 3. The molecule has 134 valence electrons. The van der Waals surface area contributed by atoms with Crippen LogP contribution in [0.25, 0.3) is 11.2 Å². The normalized spacial score (nSPS) is 20.4. The minimum absolute atomic E-state index is 0.130. The maximum absolute atomic E-state index is 12.7. The number of aliphatic hydroxyl groups is 1. The van der Waals surface area contributed by atoms with Gasteiger partial charge in [-0.2, -0.15) is 0 Å². The number of fused-ring (bicyclic) bond motifs is 1. The minimum atomic E-state index is -0.326. The second-order valence-corrected chi connectivity index (χ2v) is 6.45. The lowest BCUT2D eigenvalue weighted by Gasteiger charge is -2.38. The van der Waals surface area contributed by atoms with Gasteiger partial charge >= 0.3 is 0 Å². The molecular formula is C18H19N5O3. The number of H-pyrrole nitrogens is 1. The van der Waals surface area contributed by atoms with E-state index in [4.69, 9.17) is 4.74 Å². The van der Waals surface area contributed by atoms with E-state index in [9.17, 15) is 9.90 Å². The Balaban J connectivity index is 1.60. The standard InChI is InChI=1S/C18H19N5O3/c1-26-13-7-11(8-19-9-13)15(10-5-12(24)6-10)22-18(25)17-21-14-3-2-4-20-16(14)23-17/h2-4,7-10,12,15,24H,5-6H2,1H3,(H,22,25)(H,20,21,23). The van der Waals surface area contributed by atoms with Crippen LogP contribution in [0.4, 0.5) is 0 Å². The van der Waals surface area contributed by atoms with Gasteiger partial charge in [-0.25, -0.2) is 9.97 Å². The number of amides is 1. The Morgan fingerprint density at radius 3 is 3.00 bits per heavy atom. The third kappa shape index (κ3) is 3.11. The Morgan fingerprint density at radius 1 is 1.42 bits per heavy atom. The summed E-state index contributed by atoms with van der Waals surface area (Å²) in [5.41, 5.74) is 2.04. The first-order chi connectivity index (χ1) is 12.6. The average Bonchev–Trinajstić information content (AvgIpc) is 3.08. The predicted molar refractivity (Wildman–Crippen MR) is 93.6 cm³/mol. The molecule has 1 aliphatic rings. The first-order valence-electron chi connectivity index (χ1n) is 8.42. The van der Waals surface area contributed by atoms with Crippen LogP contribution in [0, 0.1) is 5.92 Å². The van der Waals surface area contributed by atoms with Gasteiger partial charge in [0, 0.05) is 12.4 Å². The molecule has 8 heteroatoms. The van der Waals surface area contributed by atoms with Gasteiger partial charge in [-0.3, -0.25) is 9.78 Å². The summed E-state index contributed by atoms with van der Waals surface area (Å²) in [7, 11) is 1.57. The quantitative estimate of drug-likeness (QED) is 0.642. The lowest BCUT2D eigenvalue weighted by molar-refractivity contribution is 0.0233. The van der Waals surface area contributed by atoms with Gasteiger partial charge in [0.25, 0.3) is 5.91 Å². The number of nitrogens with one attached hydrogen (secondary N) is 2. The summed E-state index contributed by atoms with van der Waals surface area (Å²) in [4.78, 5) is 28.3. The molecule has 1 aliphatic carbocycles. The molecule has 3 aromatic heterocycles. The van der Waals surface area contributed by atoms with Gasteiger partial charge in [0.2, 0.25) is 0 Å². The van der Waals surface area contributed by atoms with E-state index in [1.54, 1.807) is 31.8 Å². The van der Waals surface area contributed by atoms with Crippen LogP contribution in [0.15, 0.2) is 36.8 Å². The van der Waals surface area contributed by atoms with Gasteiger partial charge in [-0.1, -0.05) is 0 Å². The lowest BCUT2D eigenvalue weighted by Crippen LogP contribution is -2.41. The van der Waals surface area contributed by atoms with E-state index in [0.717, 1.165) is 5.56 Å². The Morgan fingerprint density at radius 2 is 2.27 bits per heavy atom. The van der Waals surface area contributed by atoms with E-state index in [0.29, 0.717) is 29.8 Å². The van der Waals surface area contributed by atoms with Crippen molar-refractivity contribution in [3.63, 3.8) is 0 Å². The van der Waals surface area contributed by atoms with Crippen molar-refractivity contribution in [3.05, 3.63) is 48.2 Å². The fourth-order valence-electron chi connectivity index (χ4n) is 3.25. The van der Waals surface area contributed by atoms with E-state index < -0.39 is 0 Å². The van der Waals surface area contributed by atoms with Gasteiger partial charge in [-0.05, 0) is 42.5 Å². The molecule has 0 aliphatic heterocycles. The number of hydrogen-bond acceptors (Lipinski definition) is 6. The molecule has 1 amide bonds. The van der Waals surface area contributed by atoms with Crippen molar-refractivity contribution in [1.29, 1.82) is 0 Å². The molecule has 3 N–H and O–H groups in total. The molecule has 26 heavy (non-hydrogen) atoms. The summed E-state index contributed by atoms with van der Waals surface area (Å²) in [6, 6.07) is 5.17. The minimum Gasteiger partial charge on any atom is -0.495 e. The second-order valence-electron chi connectivity index (χ2n) is 6.45. The molecular weight excluding hydrogens is 334 g/mol. The highest BCUT2D eigenvalue weighted by Crippen LogP contribution is 2.38. The fourth-order valence-corrected chi connectivity index (χ4v) is 3.25. The van der Waals surface area contributed by atoms with Crippen molar-refractivity contribution >= 4 is 17.1 Å². The SMILES string of the molecule is COc1cncc(C(NC(=O)c2nc3ncccc3[nH]2)C2CC(O)C2)c1. The number of aliphatic hydroxyl groups excluding tert-OH is 1. The lowest BCUT2D eigenvalue weighted by atomic mass is 9.75. The van der Waals surface area contributed by atoms with Crippen LogP contribution in [-0.2, 0) is 0 Å². The van der Waals surface area contributed by atoms with Gasteiger partial charge in [0.1, 0.15) is 5.75 Å². The molecule has 0 bridgehead atoms. The third-order valence-electron chi connectivity index (χ3n) is 4.71. The van der Waals surface area contributed by atoms with Crippen molar-refractivity contribution in [2.45, 2.75) is 25.0 Å². The van der Waals surface area contributed by atoms with Crippen LogP contribution >= 0.6 is 0 Å². The Hall–Kier alpha value is -3.00. The molecule has 4 rings (SSSR count). The maximum atomic E-state index is 12.7. The van der Waals surface area contributed by atoms with Crippen LogP contribution in [0.1, 0.15) is 35.1 Å². The number of nitrogens with zero attached hydrogens (tertiary/aromatic N) is 3. The van der Waals surface area contributed by atoms with Crippen molar-refractivity contribution in [2.75, 3.05) is 7.11 Å². The van der Waals surface area contributed by atoms with Crippen LogP contribution in [0.2, 0.25) is 0 Å². The van der Waals surface area contributed by atoms with Gasteiger partial charge in [-0.15, -0.1) is 0 Å². The topological polar surface area (TPSA) is 113 Å². The van der Waals surface area contributed by atoms with E-state index in [1.807, 2.05) is 12.1 Å². The number of aromatic nitrogens is 4. The van der Waals surface area contributed by atoms with E-state index in [1.165, 1.54) is 0 Å². The number of carbonyl (C=O) groups is 1. The molecule has 3 aromatic rings. The molecule has 1 fully saturated rings. The fraction of sp³-hybridized carbons (Fsp3) is 0.333. The van der Waals surface area contributed by atoms with E-state index in [2.05, 4.69) is 25.3 Å². The Labute approximate surface area is 149 Å². The monoisotopic (exact) mass is 353 g/mol. The number of carbonyl (C=O) groups excluding carboxylic acids is 1. The molecule has 1 unspecified atom stereocenters. The highest BCUT2D eigenvalue weighted by atomic mass is 16.5. The maximum Gasteiger partial charge on any atom is 0.287 e. The van der Waals surface area contributed by atoms with Crippen molar-refractivity contribution in [1.82, 2.24) is 25.3 Å². The first-order valence-corrected chi connectivity index (χ1v) is 8.42. The second kappa shape index (κ2) is 6.72. The van der Waals surface area contributed by atoms with E-state index >= 15 is 0 Å². The summed E-state index contributed by atoms with van der Waals surface area (Å²) in [6.45, 7) is 0. The molecule has 0 radical (unpaired) electrons. The smallest absolute Gasteiger partial charge is 0.287 e. The van der Waals surface area contributed by atoms with Crippen LogP contribution < -0.4 is 10.1 Å². The molecule has 3 heterocycles. The summed E-state index contributed by atoms with van der Waals surface area (Å²) < 4.78 is 5.24. The number of aromatic amines is 1. The van der Waals surface area contributed by atoms with E-state index in [-0.39, 0.29) is 29.8 Å². The summed E-state index contributed by atoms with van der Waals surface area (Å²) in [5, 5.41) is 12.7. The molecule has 1 atom stereocenters. The summed E-state index contributed by atoms with van der Waals surface area (Å²) >= 11 is 0. The number of pyridine rings is 2. The highest BCUT2D eigenvalue weighted by Gasteiger charge is 2.36. The molecule has 0 saturated heterocycles. The summed E-state index contributed by atoms with van der Waals surface area (Å²) in [6.07, 6.45) is 5.88. The zero-order valence-corrected chi connectivity index (χ0v) is 14.2. The van der Waals surface area contributed by atoms with Crippen LogP contribution in [0.5, 0.6) is 5.75 Å². The highest BCUT2D eigenvalue weighted by molar-refractivity contribution is 5.93. The zero-order chi connectivity index (χ0) is 18.1. The van der Waals surface area contributed by atoms with Crippen molar-refractivity contribution in [3.8, 4) is 5.75 Å². The Bertz CT molecular complexity index is 902. The van der Waals surface area contributed by atoms with Gasteiger partial charge in [0.05, 0.1) is 31.0 Å². The zero-order valence-electron chi connectivity index (χ0n) is 14.2. The van der Waals surface area contributed by atoms with Crippen LogP contribution in [0.3, 0.4) is 0 Å². The van der Waals surface area contributed by atoms with Crippen molar-refractivity contribution in [2.24, 2.45) is 5.92 Å². The number of rotatable bonds is 5. The average molecular weight is 353 g/mol. The summed E-state index contributed by atoms with van der Waals surface area (Å²) in [5.74, 6) is 0.636. The molecule has 1 saturated carbocycles. The molecule has 8 nitrogen and oxygen atoms in total. The molecule has 0 aromatic carbocycles. The van der Waals surface area contributed by atoms with Gasteiger partial charge in [0.15, 0.2) is 11.5 Å². The largest absolute Gasteiger partial charge is 0.495 e. The predicted octanol–water partition coefficient (Wildman–Crippen LogP) is 1.60. The van der Waals surface area contributed by atoms with Gasteiger partial charge < -0.3 is 20.1 Å². The van der Waals surface area contributed by atoms with Crippen LogP contribution in [-0.4, -0.2) is 44.2 Å². The van der Waals surface area contributed by atoms with Crippen molar-refractivity contribution < 1.29 is 14.6 Å². The molecule has 0 spiro atoms. The third-order valence-corrected chi connectivity index (χ3v) is 4.71. The number of ether oxygens (including phenoxy) is 1. The Kier molecular flexibility index (Phi) is 4.26.